The molecule has 0 radical (unpaired) electrons. The van der Waals surface area contributed by atoms with E-state index >= 15 is 0 Å². The molecule has 1 aromatic heterocycles. The molecule has 0 aliphatic heterocycles. The van der Waals surface area contributed by atoms with Crippen molar-refractivity contribution in [2.24, 2.45) is 14.1 Å². The van der Waals surface area contributed by atoms with Crippen LogP contribution in [0.3, 0.4) is 0 Å². The molecule has 0 unspecified atom stereocenters. The number of nitrogens with zero attached hydrogens (tertiary/aromatic N) is 3. The Bertz CT molecular complexity index is 1120. The van der Waals surface area contributed by atoms with E-state index in [0.717, 1.165) is 40.5 Å². The lowest BCUT2D eigenvalue weighted by Gasteiger charge is -2.22. The van der Waals surface area contributed by atoms with E-state index < -0.39 is 41.7 Å². The summed E-state index contributed by atoms with van der Waals surface area (Å²) >= 11 is 0. The summed E-state index contributed by atoms with van der Waals surface area (Å²) in [5.74, 6) is 0. The molecule has 0 atom stereocenters. The summed E-state index contributed by atoms with van der Waals surface area (Å²) in [6.45, 7) is 0. The summed E-state index contributed by atoms with van der Waals surface area (Å²) in [7, 11) is -1.26. The SMILES string of the molecule is Cn1c(=O)c(=O)n(C)c2cc(S(=O)(=O)C3CCCCC3)c([N+](=O)[O-])cc21. The summed E-state index contributed by atoms with van der Waals surface area (Å²) in [5.41, 5.74) is -1.94. The van der Waals surface area contributed by atoms with Gasteiger partial charge >= 0.3 is 11.1 Å². The van der Waals surface area contributed by atoms with Crippen LogP contribution in [0.1, 0.15) is 32.1 Å². The molecule has 0 saturated heterocycles. The number of sulfone groups is 1. The number of rotatable bonds is 3. The Morgan fingerprint density at radius 2 is 1.50 bits per heavy atom. The molecule has 1 aromatic carbocycles. The third-order valence-electron chi connectivity index (χ3n) is 5.07. The molecule has 0 bridgehead atoms. The minimum absolute atomic E-state index is 0.131. The zero-order valence-electron chi connectivity index (χ0n) is 14.5. The maximum atomic E-state index is 13.0. The molecule has 9 nitrogen and oxygen atoms in total. The van der Waals surface area contributed by atoms with Crippen molar-refractivity contribution in [2.75, 3.05) is 0 Å². The lowest BCUT2D eigenvalue weighted by Crippen LogP contribution is -2.39. The minimum atomic E-state index is -3.93. The Kier molecular flexibility index (Phi) is 4.47. The molecule has 1 saturated carbocycles. The first-order chi connectivity index (χ1) is 12.2. The normalized spacial score (nSPS) is 16.1. The van der Waals surface area contributed by atoms with Crippen LogP contribution in [-0.2, 0) is 23.9 Å². The van der Waals surface area contributed by atoms with E-state index in [-0.39, 0.29) is 11.0 Å². The zero-order valence-corrected chi connectivity index (χ0v) is 15.3. The summed E-state index contributed by atoms with van der Waals surface area (Å²) in [4.78, 5) is 34.4. The van der Waals surface area contributed by atoms with Crippen LogP contribution in [0, 0.1) is 10.1 Å². The van der Waals surface area contributed by atoms with Gasteiger partial charge in [0, 0.05) is 20.2 Å². The van der Waals surface area contributed by atoms with Gasteiger partial charge in [-0.1, -0.05) is 19.3 Å². The first-order valence-electron chi connectivity index (χ1n) is 8.28. The van der Waals surface area contributed by atoms with Gasteiger partial charge in [0.25, 0.3) is 5.69 Å². The van der Waals surface area contributed by atoms with Gasteiger partial charge in [-0.2, -0.15) is 0 Å². The lowest BCUT2D eigenvalue weighted by molar-refractivity contribution is -0.387. The molecule has 1 heterocycles. The summed E-state index contributed by atoms with van der Waals surface area (Å²) in [6, 6.07) is 2.21. The van der Waals surface area contributed by atoms with Crippen LogP contribution in [0.4, 0.5) is 5.69 Å². The molecule has 10 heteroatoms. The lowest BCUT2D eigenvalue weighted by atomic mass is 10.0. The second-order valence-corrected chi connectivity index (χ2v) is 8.80. The van der Waals surface area contributed by atoms with E-state index in [0.29, 0.717) is 12.8 Å². The summed E-state index contributed by atoms with van der Waals surface area (Å²) in [5, 5.41) is 10.9. The highest BCUT2D eigenvalue weighted by Crippen LogP contribution is 2.35. The largest absolute Gasteiger partial charge is 0.316 e. The second-order valence-electron chi connectivity index (χ2n) is 6.60. The zero-order chi connectivity index (χ0) is 19.2. The van der Waals surface area contributed by atoms with E-state index in [1.54, 1.807) is 0 Å². The predicted molar refractivity (Wildman–Crippen MR) is 95.1 cm³/mol. The van der Waals surface area contributed by atoms with Crippen LogP contribution in [0.5, 0.6) is 0 Å². The Hall–Kier alpha value is -2.49. The third kappa shape index (κ3) is 2.74. The number of benzene rings is 1. The fourth-order valence-corrected chi connectivity index (χ4v) is 5.53. The van der Waals surface area contributed by atoms with Gasteiger partial charge in [0.1, 0.15) is 4.90 Å². The number of aryl methyl sites for hydroxylation is 2. The van der Waals surface area contributed by atoms with Crippen LogP contribution in [0.25, 0.3) is 11.0 Å². The highest BCUT2D eigenvalue weighted by atomic mass is 32.2. The fraction of sp³-hybridized carbons (Fsp3) is 0.500. The molecule has 0 amide bonds. The van der Waals surface area contributed by atoms with E-state index in [4.69, 9.17) is 0 Å². The van der Waals surface area contributed by atoms with Crippen LogP contribution < -0.4 is 11.1 Å². The van der Waals surface area contributed by atoms with Crippen molar-refractivity contribution in [1.29, 1.82) is 0 Å². The van der Waals surface area contributed by atoms with E-state index in [2.05, 4.69) is 0 Å². The average molecular weight is 381 g/mol. The summed E-state index contributed by atoms with van der Waals surface area (Å²) < 4.78 is 28.1. The van der Waals surface area contributed by atoms with Crippen molar-refractivity contribution in [3.63, 3.8) is 0 Å². The Balaban J connectivity index is 2.38. The molecule has 1 fully saturated rings. The third-order valence-corrected chi connectivity index (χ3v) is 7.35. The molecule has 1 aliphatic rings. The molecule has 26 heavy (non-hydrogen) atoms. The van der Waals surface area contributed by atoms with Crippen molar-refractivity contribution in [3.8, 4) is 0 Å². The molecule has 0 spiro atoms. The van der Waals surface area contributed by atoms with Gasteiger partial charge in [-0.05, 0) is 18.9 Å². The smallest absolute Gasteiger partial charge is 0.305 e. The molecule has 3 rings (SSSR count). The fourth-order valence-electron chi connectivity index (χ4n) is 3.52. The Morgan fingerprint density at radius 1 is 1.00 bits per heavy atom. The number of fused-ring (bicyclic) bond motifs is 1. The second kappa shape index (κ2) is 6.35. The summed E-state index contributed by atoms with van der Waals surface area (Å²) in [6.07, 6.45) is 3.40. The van der Waals surface area contributed by atoms with Crippen molar-refractivity contribution in [1.82, 2.24) is 9.13 Å². The van der Waals surface area contributed by atoms with Crippen molar-refractivity contribution < 1.29 is 13.3 Å². The van der Waals surface area contributed by atoms with Gasteiger partial charge in [-0.3, -0.25) is 19.7 Å². The quantitative estimate of drug-likeness (QED) is 0.448. The van der Waals surface area contributed by atoms with E-state index in [1.165, 1.54) is 14.1 Å². The molecule has 2 aromatic rings. The van der Waals surface area contributed by atoms with Gasteiger partial charge in [0.2, 0.25) is 0 Å². The number of aromatic nitrogens is 2. The topological polar surface area (TPSA) is 121 Å². The number of nitro groups is 1. The average Bonchev–Trinajstić information content (AvgIpc) is 2.64. The van der Waals surface area contributed by atoms with Gasteiger partial charge in [0.05, 0.1) is 21.2 Å². The highest BCUT2D eigenvalue weighted by molar-refractivity contribution is 7.92. The standard InChI is InChI=1S/C16H19N3O6S/c1-17-11-8-13(19(22)23)14(9-12(11)18(2)16(21)15(17)20)26(24,25)10-6-4-3-5-7-10/h8-10H,3-7H2,1-2H3. The van der Waals surface area contributed by atoms with Gasteiger partial charge in [-0.15, -0.1) is 0 Å². The van der Waals surface area contributed by atoms with E-state index in [9.17, 15) is 28.1 Å². The van der Waals surface area contributed by atoms with Crippen LogP contribution in [-0.4, -0.2) is 27.7 Å². The Labute approximate surface area is 148 Å². The minimum Gasteiger partial charge on any atom is -0.305 e. The molecule has 0 N–H and O–H groups in total. The van der Waals surface area contributed by atoms with Crippen LogP contribution in [0.2, 0.25) is 0 Å². The predicted octanol–water partition coefficient (Wildman–Crippen LogP) is 1.25. The highest BCUT2D eigenvalue weighted by Gasteiger charge is 2.35. The van der Waals surface area contributed by atoms with Gasteiger partial charge in [0.15, 0.2) is 9.84 Å². The maximum Gasteiger partial charge on any atom is 0.316 e. The molecule has 1 aliphatic carbocycles. The molecule has 140 valence electrons. The first kappa shape index (κ1) is 18.3. The maximum absolute atomic E-state index is 13.0. The first-order valence-corrected chi connectivity index (χ1v) is 9.83. The number of hydrogen-bond donors (Lipinski definition) is 0. The molecular weight excluding hydrogens is 362 g/mol. The van der Waals surface area contributed by atoms with Crippen LogP contribution >= 0.6 is 0 Å². The Morgan fingerprint density at radius 3 is 2.00 bits per heavy atom. The monoisotopic (exact) mass is 381 g/mol. The van der Waals surface area contributed by atoms with Crippen LogP contribution in [0.15, 0.2) is 26.6 Å². The molecular formula is C16H19N3O6S. The number of nitro benzene ring substituents is 1. The van der Waals surface area contributed by atoms with Crippen molar-refractivity contribution in [2.45, 2.75) is 42.2 Å². The van der Waals surface area contributed by atoms with Crippen molar-refractivity contribution in [3.05, 3.63) is 43.0 Å². The van der Waals surface area contributed by atoms with Gasteiger partial charge in [-0.25, -0.2) is 8.42 Å². The number of hydrogen-bond acceptors (Lipinski definition) is 6. The van der Waals surface area contributed by atoms with Gasteiger partial charge < -0.3 is 9.13 Å². The van der Waals surface area contributed by atoms with E-state index in [1.807, 2.05) is 0 Å². The van der Waals surface area contributed by atoms with Crippen molar-refractivity contribution >= 4 is 26.6 Å².